The van der Waals surface area contributed by atoms with E-state index in [2.05, 4.69) is 26.1 Å². The lowest BCUT2D eigenvalue weighted by molar-refractivity contribution is 0.262. The summed E-state index contributed by atoms with van der Waals surface area (Å²) in [6.45, 7) is 0. The number of anilines is 4. The Kier molecular flexibility index (Phi) is 4.62. The number of urea groups is 1. The number of amides is 2. The van der Waals surface area contributed by atoms with Crippen LogP contribution in [0.3, 0.4) is 0 Å². The van der Waals surface area contributed by atoms with Gasteiger partial charge in [0.25, 0.3) is 0 Å². The van der Waals surface area contributed by atoms with Crippen LogP contribution in [0.1, 0.15) is 0 Å². The molecule has 0 bridgehead atoms. The zero-order chi connectivity index (χ0) is 16.8. The van der Waals surface area contributed by atoms with Gasteiger partial charge in [-0.15, -0.1) is 10.2 Å². The van der Waals surface area contributed by atoms with Crippen molar-refractivity contribution in [3.63, 3.8) is 0 Å². The summed E-state index contributed by atoms with van der Waals surface area (Å²) in [5, 5.41) is 16.0. The van der Waals surface area contributed by atoms with Crippen LogP contribution in [-0.2, 0) is 0 Å². The Morgan fingerprint density at radius 3 is 2.21 bits per heavy atom. The molecule has 3 N–H and O–H groups in total. The zero-order valence-electron chi connectivity index (χ0n) is 12.5. The molecule has 0 spiro atoms. The van der Waals surface area contributed by atoms with Gasteiger partial charge in [-0.05, 0) is 42.5 Å². The molecular weight excluding hydrogens is 309 g/mol. The van der Waals surface area contributed by atoms with Crippen molar-refractivity contribution < 1.29 is 9.18 Å². The van der Waals surface area contributed by atoms with Crippen LogP contribution in [0, 0.1) is 5.82 Å². The minimum atomic E-state index is -0.415. The van der Waals surface area contributed by atoms with E-state index in [-0.39, 0.29) is 5.82 Å². The molecule has 6 nitrogen and oxygen atoms in total. The minimum Gasteiger partial charge on any atom is -0.339 e. The summed E-state index contributed by atoms with van der Waals surface area (Å²) >= 11 is 0. The van der Waals surface area contributed by atoms with E-state index in [9.17, 15) is 9.18 Å². The molecule has 3 rings (SSSR count). The number of nitrogens with zero attached hydrogens (tertiary/aromatic N) is 2. The second-order valence-electron chi connectivity index (χ2n) is 4.88. The van der Waals surface area contributed by atoms with Crippen molar-refractivity contribution in [2.45, 2.75) is 0 Å². The molecule has 1 aromatic heterocycles. The van der Waals surface area contributed by atoms with E-state index < -0.39 is 6.03 Å². The van der Waals surface area contributed by atoms with Crippen LogP contribution in [0.4, 0.5) is 32.2 Å². The Morgan fingerprint density at radius 1 is 0.792 bits per heavy atom. The van der Waals surface area contributed by atoms with Gasteiger partial charge in [-0.25, -0.2) is 9.18 Å². The highest BCUT2D eigenvalue weighted by atomic mass is 19.1. The molecule has 0 aliphatic carbocycles. The predicted molar refractivity (Wildman–Crippen MR) is 90.8 cm³/mol. The number of carbonyl (C=O) groups is 1. The number of para-hydroxylation sites is 1. The quantitative estimate of drug-likeness (QED) is 0.678. The molecule has 0 aliphatic heterocycles. The first-order valence-electron chi connectivity index (χ1n) is 7.18. The lowest BCUT2D eigenvalue weighted by Gasteiger charge is -2.08. The first-order chi connectivity index (χ1) is 11.7. The molecule has 120 valence electrons. The molecule has 0 fully saturated rings. The maximum absolute atomic E-state index is 13.1. The van der Waals surface area contributed by atoms with Crippen molar-refractivity contribution in [2.24, 2.45) is 0 Å². The van der Waals surface area contributed by atoms with Gasteiger partial charge in [-0.3, -0.25) is 5.32 Å². The highest BCUT2D eigenvalue weighted by molar-refractivity contribution is 5.99. The average molecular weight is 323 g/mol. The van der Waals surface area contributed by atoms with E-state index in [1.54, 1.807) is 36.4 Å². The Morgan fingerprint density at radius 2 is 1.50 bits per heavy atom. The topological polar surface area (TPSA) is 78.9 Å². The Labute approximate surface area is 137 Å². The van der Waals surface area contributed by atoms with Crippen LogP contribution < -0.4 is 16.0 Å². The summed E-state index contributed by atoms with van der Waals surface area (Å²) in [7, 11) is 0. The van der Waals surface area contributed by atoms with E-state index in [0.717, 1.165) is 0 Å². The highest BCUT2D eigenvalue weighted by Gasteiger charge is 2.04. The molecule has 0 atom stereocenters. The van der Waals surface area contributed by atoms with Gasteiger partial charge in [0.2, 0.25) is 0 Å². The number of benzene rings is 2. The van der Waals surface area contributed by atoms with Crippen molar-refractivity contribution in [3.8, 4) is 0 Å². The monoisotopic (exact) mass is 323 g/mol. The maximum atomic E-state index is 13.1. The van der Waals surface area contributed by atoms with Crippen molar-refractivity contribution in [1.29, 1.82) is 0 Å². The van der Waals surface area contributed by atoms with Gasteiger partial charge in [0, 0.05) is 11.4 Å². The molecule has 0 radical (unpaired) electrons. The minimum absolute atomic E-state index is 0.299. The van der Waals surface area contributed by atoms with Crippen LogP contribution in [0.25, 0.3) is 0 Å². The summed E-state index contributed by atoms with van der Waals surface area (Å²) in [4.78, 5) is 11.8. The van der Waals surface area contributed by atoms with Crippen LogP contribution >= 0.6 is 0 Å². The summed E-state index contributed by atoms with van der Waals surface area (Å²) in [5.41, 5.74) is 1.24. The molecule has 3 aromatic rings. The largest absolute Gasteiger partial charge is 0.339 e. The summed E-state index contributed by atoms with van der Waals surface area (Å²) in [5.74, 6) is 0.395. The summed E-state index contributed by atoms with van der Waals surface area (Å²) in [6, 6.07) is 17.9. The fourth-order valence-corrected chi connectivity index (χ4v) is 1.98. The number of aromatic nitrogens is 2. The Bertz CT molecular complexity index is 824. The lowest BCUT2D eigenvalue weighted by atomic mass is 10.3. The first kappa shape index (κ1) is 15.4. The maximum Gasteiger partial charge on any atom is 0.324 e. The van der Waals surface area contributed by atoms with Crippen LogP contribution in [0.2, 0.25) is 0 Å². The van der Waals surface area contributed by atoms with Crippen LogP contribution in [-0.4, -0.2) is 16.2 Å². The number of nitrogens with one attached hydrogen (secondary N) is 3. The number of hydrogen-bond acceptors (Lipinski definition) is 4. The van der Waals surface area contributed by atoms with Gasteiger partial charge in [0.05, 0.1) is 0 Å². The molecule has 0 aliphatic rings. The van der Waals surface area contributed by atoms with E-state index >= 15 is 0 Å². The zero-order valence-corrected chi connectivity index (χ0v) is 12.5. The van der Waals surface area contributed by atoms with Crippen molar-refractivity contribution in [1.82, 2.24) is 10.2 Å². The van der Waals surface area contributed by atoms with Crippen LogP contribution in [0.5, 0.6) is 0 Å². The highest BCUT2D eigenvalue weighted by Crippen LogP contribution is 2.15. The van der Waals surface area contributed by atoms with Gasteiger partial charge in [-0.1, -0.05) is 24.3 Å². The molecule has 0 unspecified atom stereocenters. The first-order valence-corrected chi connectivity index (χ1v) is 7.18. The smallest absolute Gasteiger partial charge is 0.324 e. The molecule has 0 saturated carbocycles. The fraction of sp³-hybridized carbons (Fsp3) is 0. The SMILES string of the molecule is O=C(Nc1ccccc1)Nc1ccc(Nc2cccc(F)c2)nn1. The van der Waals surface area contributed by atoms with Crippen molar-refractivity contribution >= 4 is 29.0 Å². The van der Waals surface area contributed by atoms with E-state index in [0.29, 0.717) is 23.0 Å². The van der Waals surface area contributed by atoms with E-state index in [1.165, 1.54) is 12.1 Å². The van der Waals surface area contributed by atoms with Gasteiger partial charge in [-0.2, -0.15) is 0 Å². The van der Waals surface area contributed by atoms with Crippen LogP contribution in [0.15, 0.2) is 66.7 Å². The third-order valence-electron chi connectivity index (χ3n) is 3.03. The molecular formula is C17H14FN5O. The molecule has 0 saturated heterocycles. The number of rotatable bonds is 4. The second-order valence-corrected chi connectivity index (χ2v) is 4.88. The summed E-state index contributed by atoms with van der Waals surface area (Å²) in [6.07, 6.45) is 0. The van der Waals surface area contributed by atoms with Gasteiger partial charge in [0.1, 0.15) is 5.82 Å². The fourth-order valence-electron chi connectivity index (χ4n) is 1.98. The predicted octanol–water partition coefficient (Wildman–Crippen LogP) is 4.00. The number of carbonyl (C=O) groups excluding carboxylic acids is 1. The number of halogens is 1. The third kappa shape index (κ3) is 4.26. The van der Waals surface area contributed by atoms with Crippen molar-refractivity contribution in [2.75, 3.05) is 16.0 Å². The molecule has 2 aromatic carbocycles. The molecule has 1 heterocycles. The Balaban J connectivity index is 1.59. The second kappa shape index (κ2) is 7.19. The average Bonchev–Trinajstić information content (AvgIpc) is 2.57. The van der Waals surface area contributed by atoms with E-state index in [4.69, 9.17) is 0 Å². The van der Waals surface area contributed by atoms with Gasteiger partial charge >= 0.3 is 6.03 Å². The van der Waals surface area contributed by atoms with E-state index in [1.807, 2.05) is 18.2 Å². The van der Waals surface area contributed by atoms with Crippen molar-refractivity contribution in [3.05, 3.63) is 72.5 Å². The number of hydrogen-bond donors (Lipinski definition) is 3. The Hall–Kier alpha value is -3.48. The molecule has 2 amide bonds. The standard InChI is InChI=1S/C17H14FN5O/c18-12-5-4-8-14(11-12)19-15-9-10-16(23-22-15)21-17(24)20-13-6-2-1-3-7-13/h1-11H,(H,19,22)(H2,20,21,23,24). The molecule has 24 heavy (non-hydrogen) atoms. The molecule has 7 heteroatoms. The van der Waals surface area contributed by atoms with Gasteiger partial charge < -0.3 is 10.6 Å². The summed E-state index contributed by atoms with van der Waals surface area (Å²) < 4.78 is 13.1. The normalized spacial score (nSPS) is 10.0. The van der Waals surface area contributed by atoms with Gasteiger partial charge in [0.15, 0.2) is 11.6 Å². The third-order valence-corrected chi connectivity index (χ3v) is 3.03. The lowest BCUT2D eigenvalue weighted by Crippen LogP contribution is -2.20.